The third-order valence-corrected chi connectivity index (χ3v) is 5.06. The fourth-order valence-electron chi connectivity index (χ4n) is 3.36. The van der Waals surface area contributed by atoms with E-state index in [1.807, 2.05) is 16.8 Å². The first-order valence-electron chi connectivity index (χ1n) is 8.66. The Labute approximate surface area is 149 Å². The molecule has 0 saturated heterocycles. The van der Waals surface area contributed by atoms with Gasteiger partial charge in [-0.2, -0.15) is 10.4 Å². The lowest BCUT2D eigenvalue weighted by Gasteiger charge is -2.28. The molecule has 1 atom stereocenters. The Kier molecular flexibility index (Phi) is 3.89. The summed E-state index contributed by atoms with van der Waals surface area (Å²) < 4.78 is 1.84. The Balaban J connectivity index is 1.58. The van der Waals surface area contributed by atoms with Gasteiger partial charge in [-0.15, -0.1) is 0 Å². The van der Waals surface area contributed by atoms with E-state index in [1.54, 1.807) is 11.8 Å². The van der Waals surface area contributed by atoms with E-state index >= 15 is 0 Å². The van der Waals surface area contributed by atoms with E-state index in [9.17, 15) is 14.7 Å². The van der Waals surface area contributed by atoms with Gasteiger partial charge in [-0.1, -0.05) is 0 Å². The minimum absolute atomic E-state index is 0.0733. The largest absolute Gasteiger partial charge is 0.386 e. The van der Waals surface area contributed by atoms with Crippen LogP contribution in [-0.2, 0) is 13.1 Å². The number of nitriles is 1. The van der Waals surface area contributed by atoms with Crippen molar-refractivity contribution in [3.63, 3.8) is 0 Å². The third kappa shape index (κ3) is 2.80. The van der Waals surface area contributed by atoms with Crippen LogP contribution in [0.15, 0.2) is 16.9 Å². The Morgan fingerprint density at radius 3 is 2.88 bits per heavy atom. The number of nitrogens with one attached hydrogen (secondary N) is 1. The molecule has 2 aliphatic rings. The first-order valence-corrected chi connectivity index (χ1v) is 8.66. The molecular weight excluding hydrogens is 334 g/mol. The second-order valence-corrected chi connectivity index (χ2v) is 6.96. The van der Waals surface area contributed by atoms with Crippen LogP contribution in [0.3, 0.4) is 0 Å². The minimum Gasteiger partial charge on any atom is -0.386 e. The zero-order valence-electron chi connectivity index (χ0n) is 14.4. The van der Waals surface area contributed by atoms with Gasteiger partial charge in [0, 0.05) is 12.2 Å². The molecule has 8 nitrogen and oxygen atoms in total. The molecule has 4 rings (SSSR count). The number of H-pyrrole nitrogens is 1. The summed E-state index contributed by atoms with van der Waals surface area (Å²) in [6.45, 7) is 3.05. The van der Waals surface area contributed by atoms with Gasteiger partial charge in [0.15, 0.2) is 0 Å². The number of hydrogen-bond acceptors (Lipinski definition) is 5. The fraction of sp³-hybridized carbons (Fsp3) is 0.444. The molecule has 26 heavy (non-hydrogen) atoms. The molecular formula is C18H19N5O3. The van der Waals surface area contributed by atoms with Gasteiger partial charge >= 0.3 is 0 Å². The van der Waals surface area contributed by atoms with Gasteiger partial charge in [0.1, 0.15) is 17.7 Å². The van der Waals surface area contributed by atoms with Crippen LogP contribution in [-0.4, -0.2) is 37.2 Å². The first-order chi connectivity index (χ1) is 12.5. The summed E-state index contributed by atoms with van der Waals surface area (Å²) in [5.74, 6) is 0.0740. The van der Waals surface area contributed by atoms with Crippen molar-refractivity contribution in [2.24, 2.45) is 5.92 Å². The maximum Gasteiger partial charge on any atom is 0.266 e. The molecule has 1 aliphatic heterocycles. The summed E-state index contributed by atoms with van der Waals surface area (Å²) in [7, 11) is 0. The van der Waals surface area contributed by atoms with Crippen molar-refractivity contribution < 1.29 is 9.90 Å². The van der Waals surface area contributed by atoms with Crippen molar-refractivity contribution >= 4 is 5.91 Å². The van der Waals surface area contributed by atoms with Gasteiger partial charge in [-0.25, -0.2) is 0 Å². The molecule has 1 unspecified atom stereocenters. The molecule has 0 bridgehead atoms. The molecule has 0 radical (unpaired) electrons. The van der Waals surface area contributed by atoms with Crippen molar-refractivity contribution in [3.05, 3.63) is 50.7 Å². The maximum atomic E-state index is 12.9. The number of amides is 1. The fourth-order valence-corrected chi connectivity index (χ4v) is 3.36. The highest BCUT2D eigenvalue weighted by Crippen LogP contribution is 2.40. The van der Waals surface area contributed by atoms with E-state index < -0.39 is 11.7 Å². The molecule has 2 N–H and O–H groups in total. The highest BCUT2D eigenvalue weighted by atomic mass is 16.3. The summed E-state index contributed by atoms with van der Waals surface area (Å²) in [4.78, 5) is 28.8. The molecule has 3 heterocycles. The molecule has 8 heteroatoms. The summed E-state index contributed by atoms with van der Waals surface area (Å²) in [6, 6.07) is 5.03. The summed E-state index contributed by atoms with van der Waals surface area (Å²) in [6.07, 6.45) is 1.53. The average Bonchev–Trinajstić information content (AvgIpc) is 3.39. The van der Waals surface area contributed by atoms with E-state index in [-0.39, 0.29) is 11.5 Å². The average molecular weight is 353 g/mol. The monoisotopic (exact) mass is 353 g/mol. The molecule has 1 aliphatic carbocycles. The van der Waals surface area contributed by atoms with E-state index in [0.29, 0.717) is 42.5 Å². The van der Waals surface area contributed by atoms with Crippen LogP contribution in [0.4, 0.5) is 0 Å². The van der Waals surface area contributed by atoms with Crippen LogP contribution in [0.25, 0.3) is 0 Å². The second-order valence-electron chi connectivity index (χ2n) is 6.96. The number of aromatic nitrogens is 3. The summed E-state index contributed by atoms with van der Waals surface area (Å²) in [5, 5.41) is 23.8. The third-order valence-electron chi connectivity index (χ3n) is 5.06. The lowest BCUT2D eigenvalue weighted by Crippen LogP contribution is -2.39. The molecule has 1 saturated carbocycles. The Morgan fingerprint density at radius 1 is 1.42 bits per heavy atom. The number of aromatic amines is 1. The van der Waals surface area contributed by atoms with E-state index in [1.165, 1.54) is 6.07 Å². The number of aliphatic hydroxyl groups is 1. The Hall–Kier alpha value is -2.92. The van der Waals surface area contributed by atoms with Gasteiger partial charge < -0.3 is 15.0 Å². The molecule has 0 aromatic carbocycles. The van der Waals surface area contributed by atoms with Crippen molar-refractivity contribution in [2.45, 2.75) is 39.0 Å². The van der Waals surface area contributed by atoms with Gasteiger partial charge in [-0.3, -0.25) is 14.3 Å². The van der Waals surface area contributed by atoms with Crippen LogP contribution < -0.4 is 5.56 Å². The molecule has 2 aromatic rings. The topological polar surface area (TPSA) is 115 Å². The van der Waals surface area contributed by atoms with Gasteiger partial charge in [-0.05, 0) is 37.8 Å². The molecule has 1 fully saturated rings. The van der Waals surface area contributed by atoms with Crippen LogP contribution >= 0.6 is 0 Å². The number of nitrogens with zero attached hydrogens (tertiary/aromatic N) is 4. The van der Waals surface area contributed by atoms with E-state index in [0.717, 1.165) is 18.5 Å². The zero-order chi connectivity index (χ0) is 18.4. The van der Waals surface area contributed by atoms with Crippen molar-refractivity contribution in [1.29, 1.82) is 5.26 Å². The smallest absolute Gasteiger partial charge is 0.266 e. The molecule has 2 aromatic heterocycles. The molecule has 134 valence electrons. The highest BCUT2D eigenvalue weighted by Gasteiger charge is 2.34. The Bertz CT molecular complexity index is 980. The Morgan fingerprint density at radius 2 is 2.19 bits per heavy atom. The number of aliphatic hydroxyl groups excluding tert-OH is 1. The lowest BCUT2D eigenvalue weighted by molar-refractivity contribution is 0.0704. The van der Waals surface area contributed by atoms with E-state index in [4.69, 9.17) is 5.26 Å². The number of rotatable bonds is 3. The van der Waals surface area contributed by atoms with Crippen LogP contribution in [0.2, 0.25) is 0 Å². The number of hydrogen-bond donors (Lipinski definition) is 2. The van der Waals surface area contributed by atoms with Crippen LogP contribution in [0.5, 0.6) is 0 Å². The van der Waals surface area contributed by atoms with Crippen molar-refractivity contribution in [2.75, 3.05) is 6.54 Å². The zero-order valence-corrected chi connectivity index (χ0v) is 14.4. The van der Waals surface area contributed by atoms with Gasteiger partial charge in [0.2, 0.25) is 0 Å². The lowest BCUT2D eigenvalue weighted by atomic mass is 10.1. The van der Waals surface area contributed by atoms with Gasteiger partial charge in [0.05, 0.1) is 30.0 Å². The summed E-state index contributed by atoms with van der Waals surface area (Å²) in [5.41, 5.74) is 1.76. The highest BCUT2D eigenvalue weighted by molar-refractivity contribution is 5.95. The van der Waals surface area contributed by atoms with Crippen LogP contribution in [0, 0.1) is 24.2 Å². The predicted molar refractivity (Wildman–Crippen MR) is 91.2 cm³/mol. The number of carbonyl (C=O) groups excluding carboxylic acids is 1. The normalized spacial score (nSPS) is 17.5. The van der Waals surface area contributed by atoms with Crippen molar-refractivity contribution in [1.82, 2.24) is 19.7 Å². The standard InChI is InChI=1S/C18H19N5O3/c1-10-14(6-12(8-19)17(25)20-10)18(26)22-4-5-23-13(9-22)7-15(21-23)16(24)11-2-3-11/h6-7,11,16,24H,2-5,9H2,1H3,(H,20,25). The van der Waals surface area contributed by atoms with E-state index in [2.05, 4.69) is 10.1 Å². The number of fused-ring (bicyclic) bond motifs is 1. The van der Waals surface area contributed by atoms with Crippen LogP contribution in [0.1, 0.15) is 51.9 Å². The molecule has 0 spiro atoms. The minimum atomic E-state index is -0.531. The van der Waals surface area contributed by atoms with Crippen molar-refractivity contribution in [3.8, 4) is 6.07 Å². The molecule has 1 amide bonds. The van der Waals surface area contributed by atoms with Gasteiger partial charge in [0.25, 0.3) is 11.5 Å². The summed E-state index contributed by atoms with van der Waals surface area (Å²) >= 11 is 0. The maximum absolute atomic E-state index is 12.9. The second kappa shape index (κ2) is 6.11. The number of carbonyl (C=O) groups is 1. The first kappa shape index (κ1) is 16.5. The quantitative estimate of drug-likeness (QED) is 0.849. The predicted octanol–water partition coefficient (Wildman–Crippen LogP) is 0.851. The number of pyridine rings is 1. The SMILES string of the molecule is Cc1[nH]c(=O)c(C#N)cc1C(=O)N1CCn2nc(C(O)C3CC3)cc2C1. The number of aryl methyl sites for hydroxylation is 1.